The van der Waals surface area contributed by atoms with Crippen molar-refractivity contribution in [3.63, 3.8) is 0 Å². The number of fused-ring (bicyclic) bond motifs is 1. The summed E-state index contributed by atoms with van der Waals surface area (Å²) in [6.07, 6.45) is 0.791. The van der Waals surface area contributed by atoms with Crippen molar-refractivity contribution in [2.24, 2.45) is 4.99 Å². The second-order valence-electron chi connectivity index (χ2n) is 6.67. The molecule has 0 bridgehead atoms. The van der Waals surface area contributed by atoms with Crippen molar-refractivity contribution >= 4 is 29.5 Å². The van der Waals surface area contributed by atoms with Crippen molar-refractivity contribution in [2.45, 2.75) is 40.2 Å². The highest BCUT2D eigenvalue weighted by molar-refractivity contribution is 6.23. The van der Waals surface area contributed by atoms with Crippen LogP contribution in [0.5, 0.6) is 0 Å². The molecule has 9 heteroatoms. The number of aryl methyl sites for hydroxylation is 2. The normalized spacial score (nSPS) is 20.0. The Morgan fingerprint density at radius 1 is 1.31 bits per heavy atom. The van der Waals surface area contributed by atoms with Gasteiger partial charge in [-0.1, -0.05) is 11.9 Å². The van der Waals surface area contributed by atoms with E-state index in [1.54, 1.807) is 11.7 Å². The molecule has 1 aromatic rings. The van der Waals surface area contributed by atoms with E-state index in [1.165, 1.54) is 11.8 Å². The van der Waals surface area contributed by atoms with Gasteiger partial charge in [0.2, 0.25) is 11.9 Å². The summed E-state index contributed by atoms with van der Waals surface area (Å²) in [5, 5.41) is 4.47. The number of urea groups is 1. The minimum atomic E-state index is -0.726. The zero-order valence-corrected chi connectivity index (χ0v) is 15.7. The molecule has 3 heterocycles. The van der Waals surface area contributed by atoms with Gasteiger partial charge in [0, 0.05) is 7.05 Å². The van der Waals surface area contributed by atoms with Gasteiger partial charge in [-0.15, -0.1) is 9.78 Å². The van der Waals surface area contributed by atoms with Crippen molar-refractivity contribution in [1.29, 1.82) is 0 Å². The van der Waals surface area contributed by atoms with E-state index in [0.29, 0.717) is 18.3 Å². The Morgan fingerprint density at radius 3 is 2.54 bits per heavy atom. The van der Waals surface area contributed by atoms with E-state index in [4.69, 9.17) is 0 Å². The van der Waals surface area contributed by atoms with Crippen LogP contribution in [-0.2, 0) is 9.59 Å². The van der Waals surface area contributed by atoms with Crippen LogP contribution in [0.3, 0.4) is 0 Å². The summed E-state index contributed by atoms with van der Waals surface area (Å²) in [6.45, 7) is 7.51. The molecule has 1 atom stereocenters. The number of rotatable bonds is 4. The Bertz CT molecular complexity index is 866. The van der Waals surface area contributed by atoms with E-state index in [-0.39, 0.29) is 12.3 Å². The number of Topliss-reactive ketones (excluding diaryl/α,β-unsaturated/α-hetero) is 1. The van der Waals surface area contributed by atoms with Gasteiger partial charge in [0.1, 0.15) is 11.5 Å². The number of nitrogens with zero attached hydrogens (tertiary/aromatic N) is 6. The maximum absolute atomic E-state index is 13.0. The van der Waals surface area contributed by atoms with E-state index < -0.39 is 18.0 Å². The third-order valence-corrected chi connectivity index (χ3v) is 4.43. The number of amidine groups is 1. The molecule has 1 fully saturated rings. The van der Waals surface area contributed by atoms with Gasteiger partial charge in [-0.25, -0.2) is 9.37 Å². The van der Waals surface area contributed by atoms with Gasteiger partial charge in [0.05, 0.1) is 18.8 Å². The molecule has 3 rings (SSSR count). The Hall–Kier alpha value is -2.84. The predicted octanol–water partition coefficient (Wildman–Crippen LogP) is 0.390. The number of aromatic nitrogens is 2. The lowest BCUT2D eigenvalue weighted by atomic mass is 10.1. The fourth-order valence-corrected chi connectivity index (χ4v) is 3.34. The molecule has 0 aliphatic carbocycles. The molecular formula is C17H23N6O3+. The number of ketones is 1. The van der Waals surface area contributed by atoms with E-state index in [9.17, 15) is 14.4 Å². The van der Waals surface area contributed by atoms with Crippen molar-refractivity contribution < 1.29 is 19.0 Å². The fourth-order valence-electron chi connectivity index (χ4n) is 3.34. The predicted molar refractivity (Wildman–Crippen MR) is 94.3 cm³/mol. The average molecular weight is 359 g/mol. The summed E-state index contributed by atoms with van der Waals surface area (Å²) in [4.78, 5) is 44.0. The molecule has 3 amide bonds. The van der Waals surface area contributed by atoms with Crippen LogP contribution in [0.1, 0.15) is 31.7 Å². The van der Waals surface area contributed by atoms with Crippen LogP contribution < -0.4 is 0 Å². The lowest BCUT2D eigenvalue weighted by molar-refractivity contribution is -0.537. The second kappa shape index (κ2) is 6.47. The van der Waals surface area contributed by atoms with Crippen LogP contribution in [0.15, 0.2) is 11.1 Å². The van der Waals surface area contributed by atoms with Crippen LogP contribution in [0.2, 0.25) is 0 Å². The Balaban J connectivity index is 2.12. The fraction of sp³-hybridized carbons (Fsp3) is 0.529. The molecule has 9 nitrogen and oxygen atoms in total. The molecule has 2 aliphatic heterocycles. The van der Waals surface area contributed by atoms with Crippen LogP contribution in [-0.4, -0.2) is 79.9 Å². The maximum Gasteiger partial charge on any atom is 0.421 e. The number of amides is 3. The van der Waals surface area contributed by atoms with Crippen LogP contribution >= 0.6 is 0 Å². The molecule has 2 aliphatic rings. The minimum absolute atomic E-state index is 0.235. The molecule has 1 saturated heterocycles. The summed E-state index contributed by atoms with van der Waals surface area (Å²) < 4.78 is 3.55. The Labute approximate surface area is 151 Å². The van der Waals surface area contributed by atoms with Gasteiger partial charge in [-0.2, -0.15) is 0 Å². The molecule has 1 unspecified atom stereocenters. The zero-order valence-electron chi connectivity index (χ0n) is 15.7. The van der Waals surface area contributed by atoms with Crippen molar-refractivity contribution in [3.05, 3.63) is 17.5 Å². The molecule has 0 spiro atoms. The highest BCUT2D eigenvalue weighted by atomic mass is 16.2. The summed E-state index contributed by atoms with van der Waals surface area (Å²) in [7, 11) is 1.57. The third-order valence-electron chi connectivity index (χ3n) is 4.43. The average Bonchev–Trinajstić information content (AvgIpc) is 3.09. The van der Waals surface area contributed by atoms with E-state index in [2.05, 4.69) is 10.1 Å². The summed E-state index contributed by atoms with van der Waals surface area (Å²) in [6, 6.07) is 0.667. The van der Waals surface area contributed by atoms with Crippen molar-refractivity contribution in [3.8, 4) is 0 Å². The van der Waals surface area contributed by atoms with E-state index in [0.717, 1.165) is 22.7 Å². The molecular weight excluding hydrogens is 336 g/mol. The topological polar surface area (TPSA) is 90.9 Å². The van der Waals surface area contributed by atoms with Gasteiger partial charge >= 0.3 is 12.0 Å². The Kier molecular flexibility index (Phi) is 4.47. The first-order valence-corrected chi connectivity index (χ1v) is 8.60. The van der Waals surface area contributed by atoms with Crippen molar-refractivity contribution in [1.82, 2.24) is 19.6 Å². The lowest BCUT2D eigenvalue weighted by Gasteiger charge is -2.33. The molecule has 26 heavy (non-hydrogen) atoms. The highest BCUT2D eigenvalue weighted by Crippen LogP contribution is 2.21. The lowest BCUT2D eigenvalue weighted by Crippen LogP contribution is -2.63. The first-order chi connectivity index (χ1) is 12.3. The highest BCUT2D eigenvalue weighted by Gasteiger charge is 2.53. The first kappa shape index (κ1) is 18.0. The molecule has 0 aromatic carbocycles. The van der Waals surface area contributed by atoms with Crippen LogP contribution in [0.25, 0.3) is 0 Å². The quantitative estimate of drug-likeness (QED) is 0.727. The number of imide groups is 1. The van der Waals surface area contributed by atoms with E-state index in [1.807, 2.05) is 31.4 Å². The summed E-state index contributed by atoms with van der Waals surface area (Å²) in [5.74, 6) is 0.223. The van der Waals surface area contributed by atoms with Gasteiger partial charge < -0.3 is 0 Å². The second-order valence-corrected chi connectivity index (χ2v) is 6.67. The van der Waals surface area contributed by atoms with Gasteiger partial charge in [-0.3, -0.25) is 19.4 Å². The molecule has 0 saturated carbocycles. The number of hydrogen-bond donors (Lipinski definition) is 0. The molecule has 1 aromatic heterocycles. The number of carbonyl (C=O) groups excluding carboxylic acids is 3. The Morgan fingerprint density at radius 2 is 2.00 bits per heavy atom. The van der Waals surface area contributed by atoms with Gasteiger partial charge in [0.25, 0.3) is 5.91 Å². The number of hydrogen-bond acceptors (Lipinski definition) is 5. The zero-order chi connectivity index (χ0) is 19.2. The SMILES string of the molecule is CCC[N+]1=C(n2nc(C)cc2C)N=C2C1C(=O)N(CC(C)=O)C(=O)N2C. The number of likely N-dealkylation sites (N-methyl/N-ethyl adjacent to an activating group) is 1. The van der Waals surface area contributed by atoms with Gasteiger partial charge in [-0.05, 0) is 33.3 Å². The van der Waals surface area contributed by atoms with Gasteiger partial charge in [0.15, 0.2) is 0 Å². The van der Waals surface area contributed by atoms with Crippen LogP contribution in [0, 0.1) is 13.8 Å². The van der Waals surface area contributed by atoms with Crippen molar-refractivity contribution in [2.75, 3.05) is 20.1 Å². The molecule has 138 valence electrons. The maximum atomic E-state index is 13.0. The first-order valence-electron chi connectivity index (χ1n) is 8.60. The monoisotopic (exact) mass is 359 g/mol. The molecule has 0 radical (unpaired) electrons. The minimum Gasteiger partial charge on any atom is -0.298 e. The summed E-state index contributed by atoms with van der Waals surface area (Å²) >= 11 is 0. The van der Waals surface area contributed by atoms with E-state index >= 15 is 0 Å². The summed E-state index contributed by atoms with van der Waals surface area (Å²) in [5.41, 5.74) is 1.74. The third kappa shape index (κ3) is 2.73. The molecule has 0 N–H and O–H groups in total. The van der Waals surface area contributed by atoms with Crippen LogP contribution in [0.4, 0.5) is 4.79 Å². The number of aliphatic imine (C=N–C) groups is 1. The smallest absolute Gasteiger partial charge is 0.298 e. The largest absolute Gasteiger partial charge is 0.421 e. The standard InChI is InChI=1S/C17H23N6O3/c1-6-7-21-13-14(18-16(21)23-11(3)8-10(2)19-23)20(5)17(26)22(15(13)25)9-12(4)24/h8,13H,6-7,9H2,1-5H3/q+1. The number of carbonyl (C=O) groups is 3.